The summed E-state index contributed by atoms with van der Waals surface area (Å²) in [6.45, 7) is 3.05. The summed E-state index contributed by atoms with van der Waals surface area (Å²) in [5.74, 6) is 0. The van der Waals surface area contributed by atoms with Crippen molar-refractivity contribution >= 4 is 17.3 Å². The number of anilines is 1. The Labute approximate surface area is 131 Å². The minimum atomic E-state index is 0.0233. The third-order valence-electron chi connectivity index (χ3n) is 3.48. The predicted octanol–water partition coefficient (Wildman–Crippen LogP) is 3.91. The van der Waals surface area contributed by atoms with Crippen LogP contribution in [0, 0.1) is 6.92 Å². The molecular formula is C17H21ClN2O. The van der Waals surface area contributed by atoms with Crippen molar-refractivity contribution in [2.75, 3.05) is 19.0 Å². The topological polar surface area (TPSA) is 47.3 Å². The lowest BCUT2D eigenvalue weighted by Crippen LogP contribution is -2.22. The van der Waals surface area contributed by atoms with E-state index in [9.17, 15) is 0 Å². The molecule has 0 saturated carbocycles. The van der Waals surface area contributed by atoms with Gasteiger partial charge < -0.3 is 15.8 Å². The van der Waals surface area contributed by atoms with Crippen molar-refractivity contribution in [3.8, 4) is 0 Å². The first-order chi connectivity index (χ1) is 10.2. The van der Waals surface area contributed by atoms with Crippen molar-refractivity contribution in [3.63, 3.8) is 0 Å². The summed E-state index contributed by atoms with van der Waals surface area (Å²) in [4.78, 5) is 0. The number of methoxy groups -OCH3 is 1. The van der Waals surface area contributed by atoms with E-state index >= 15 is 0 Å². The fourth-order valence-corrected chi connectivity index (χ4v) is 2.49. The number of benzene rings is 2. The summed E-state index contributed by atoms with van der Waals surface area (Å²) in [7, 11) is 1.70. The van der Waals surface area contributed by atoms with Gasteiger partial charge in [-0.1, -0.05) is 41.9 Å². The van der Waals surface area contributed by atoms with Crippen molar-refractivity contribution in [2.45, 2.75) is 19.6 Å². The Morgan fingerprint density at radius 3 is 2.67 bits per heavy atom. The fraction of sp³-hybridized carbons (Fsp3) is 0.294. The molecule has 0 aromatic heterocycles. The van der Waals surface area contributed by atoms with Gasteiger partial charge in [-0.15, -0.1) is 0 Å². The van der Waals surface area contributed by atoms with Crippen LogP contribution in [0.25, 0.3) is 0 Å². The van der Waals surface area contributed by atoms with E-state index in [1.54, 1.807) is 7.11 Å². The number of hydrogen-bond acceptors (Lipinski definition) is 3. The number of hydrogen-bond donors (Lipinski definition) is 2. The normalized spacial score (nSPS) is 12.2. The average Bonchev–Trinajstić information content (AvgIpc) is 2.49. The molecule has 0 bridgehead atoms. The van der Waals surface area contributed by atoms with Gasteiger partial charge in [0.25, 0.3) is 0 Å². The molecule has 21 heavy (non-hydrogen) atoms. The highest BCUT2D eigenvalue weighted by atomic mass is 35.5. The number of ether oxygens (including phenoxy) is 1. The van der Waals surface area contributed by atoms with Crippen LogP contribution in [0.5, 0.6) is 0 Å². The average molecular weight is 305 g/mol. The van der Waals surface area contributed by atoms with Crippen LogP contribution < -0.4 is 11.1 Å². The largest absolute Gasteiger partial charge is 0.380 e. The standard InChI is InChI=1S/C17H21ClN2O/c1-12-7-8-14(9-16(12)18)20-17(10-19)15-6-4-3-5-13(15)11-21-2/h3-9,17,20H,10-11,19H2,1-2H3. The molecule has 4 heteroatoms. The van der Waals surface area contributed by atoms with Gasteiger partial charge in [0.2, 0.25) is 0 Å². The molecule has 0 saturated heterocycles. The second kappa shape index (κ2) is 7.46. The minimum Gasteiger partial charge on any atom is -0.380 e. The lowest BCUT2D eigenvalue weighted by Gasteiger charge is -2.22. The quantitative estimate of drug-likeness (QED) is 0.850. The minimum absolute atomic E-state index is 0.0233. The summed E-state index contributed by atoms with van der Waals surface area (Å²) >= 11 is 6.18. The molecule has 0 spiro atoms. The monoisotopic (exact) mass is 304 g/mol. The first kappa shape index (κ1) is 15.8. The van der Waals surface area contributed by atoms with Crippen LogP contribution in [0.2, 0.25) is 5.02 Å². The molecule has 1 atom stereocenters. The molecule has 0 amide bonds. The van der Waals surface area contributed by atoms with Crippen LogP contribution in [0.15, 0.2) is 42.5 Å². The van der Waals surface area contributed by atoms with E-state index in [1.165, 1.54) is 0 Å². The van der Waals surface area contributed by atoms with Gasteiger partial charge in [0, 0.05) is 24.4 Å². The molecule has 0 radical (unpaired) electrons. The predicted molar refractivity (Wildman–Crippen MR) is 88.8 cm³/mol. The van der Waals surface area contributed by atoms with E-state index in [2.05, 4.69) is 17.4 Å². The Morgan fingerprint density at radius 1 is 1.24 bits per heavy atom. The van der Waals surface area contributed by atoms with Crippen molar-refractivity contribution in [2.24, 2.45) is 5.73 Å². The molecule has 0 aliphatic heterocycles. The summed E-state index contributed by atoms with van der Waals surface area (Å²) in [5, 5.41) is 4.20. The number of rotatable bonds is 6. The molecule has 0 aliphatic carbocycles. The fourth-order valence-electron chi connectivity index (χ4n) is 2.31. The summed E-state index contributed by atoms with van der Waals surface area (Å²) in [5.41, 5.74) is 10.3. The zero-order valence-corrected chi connectivity index (χ0v) is 13.2. The van der Waals surface area contributed by atoms with Crippen LogP contribution in [0.3, 0.4) is 0 Å². The van der Waals surface area contributed by atoms with Crippen LogP contribution in [0.4, 0.5) is 5.69 Å². The van der Waals surface area contributed by atoms with Crippen molar-refractivity contribution in [1.82, 2.24) is 0 Å². The van der Waals surface area contributed by atoms with Crippen molar-refractivity contribution < 1.29 is 4.74 Å². The van der Waals surface area contributed by atoms with Crippen molar-refractivity contribution in [3.05, 3.63) is 64.2 Å². The molecule has 3 nitrogen and oxygen atoms in total. The van der Waals surface area contributed by atoms with Crippen LogP contribution in [-0.2, 0) is 11.3 Å². The SMILES string of the molecule is COCc1ccccc1C(CN)Nc1ccc(C)c(Cl)c1. The molecular weight excluding hydrogens is 284 g/mol. The first-order valence-electron chi connectivity index (χ1n) is 6.95. The number of nitrogens with one attached hydrogen (secondary N) is 1. The van der Waals surface area contributed by atoms with Gasteiger partial charge in [0.05, 0.1) is 12.6 Å². The molecule has 2 aromatic rings. The van der Waals surface area contributed by atoms with Gasteiger partial charge in [0.1, 0.15) is 0 Å². The Balaban J connectivity index is 2.25. The van der Waals surface area contributed by atoms with E-state index < -0.39 is 0 Å². The Morgan fingerprint density at radius 2 is 2.00 bits per heavy atom. The van der Waals surface area contributed by atoms with Gasteiger partial charge in [-0.3, -0.25) is 0 Å². The second-order valence-electron chi connectivity index (χ2n) is 5.03. The number of nitrogens with two attached hydrogens (primary N) is 1. The van der Waals surface area contributed by atoms with Crippen LogP contribution in [0.1, 0.15) is 22.7 Å². The molecule has 112 valence electrons. The van der Waals surface area contributed by atoms with Crippen LogP contribution in [-0.4, -0.2) is 13.7 Å². The zero-order chi connectivity index (χ0) is 15.2. The lowest BCUT2D eigenvalue weighted by atomic mass is 10.0. The van der Waals surface area contributed by atoms with Gasteiger partial charge >= 0.3 is 0 Å². The first-order valence-corrected chi connectivity index (χ1v) is 7.33. The molecule has 1 unspecified atom stereocenters. The summed E-state index contributed by atoms with van der Waals surface area (Å²) in [6, 6.07) is 14.1. The van der Waals surface area contributed by atoms with E-state index in [-0.39, 0.29) is 6.04 Å². The van der Waals surface area contributed by atoms with Gasteiger partial charge in [-0.05, 0) is 35.7 Å². The molecule has 0 aliphatic rings. The van der Waals surface area contributed by atoms with E-state index in [4.69, 9.17) is 22.1 Å². The van der Waals surface area contributed by atoms with Gasteiger partial charge in [0.15, 0.2) is 0 Å². The highest BCUT2D eigenvalue weighted by molar-refractivity contribution is 6.31. The Hall–Kier alpha value is -1.55. The van der Waals surface area contributed by atoms with Crippen LogP contribution >= 0.6 is 11.6 Å². The molecule has 2 aromatic carbocycles. The second-order valence-corrected chi connectivity index (χ2v) is 5.44. The highest BCUT2D eigenvalue weighted by Gasteiger charge is 2.13. The Bertz CT molecular complexity index is 601. The number of halogens is 1. The maximum atomic E-state index is 6.18. The third-order valence-corrected chi connectivity index (χ3v) is 3.89. The van der Waals surface area contributed by atoms with E-state index in [0.29, 0.717) is 13.2 Å². The third kappa shape index (κ3) is 3.97. The zero-order valence-electron chi connectivity index (χ0n) is 12.4. The lowest BCUT2D eigenvalue weighted by molar-refractivity contribution is 0.184. The smallest absolute Gasteiger partial charge is 0.0716 e. The van der Waals surface area contributed by atoms with Gasteiger partial charge in [-0.2, -0.15) is 0 Å². The van der Waals surface area contributed by atoms with E-state index in [1.807, 2.05) is 37.3 Å². The van der Waals surface area contributed by atoms with Gasteiger partial charge in [-0.25, -0.2) is 0 Å². The maximum absolute atomic E-state index is 6.18. The summed E-state index contributed by atoms with van der Waals surface area (Å²) < 4.78 is 5.26. The molecule has 0 fully saturated rings. The summed E-state index contributed by atoms with van der Waals surface area (Å²) in [6.07, 6.45) is 0. The van der Waals surface area contributed by atoms with Crippen molar-refractivity contribution in [1.29, 1.82) is 0 Å². The highest BCUT2D eigenvalue weighted by Crippen LogP contribution is 2.25. The number of aryl methyl sites for hydroxylation is 1. The maximum Gasteiger partial charge on any atom is 0.0716 e. The van der Waals surface area contributed by atoms with E-state index in [0.717, 1.165) is 27.4 Å². The Kier molecular flexibility index (Phi) is 5.62. The molecule has 3 N–H and O–H groups in total. The molecule has 0 heterocycles. The molecule has 2 rings (SSSR count).